The average molecular weight is 456 g/mol. The first-order valence-electron chi connectivity index (χ1n) is 10.3. The highest BCUT2D eigenvalue weighted by Crippen LogP contribution is 2.30. The third-order valence-corrected chi connectivity index (χ3v) is 5.48. The molecule has 2 N–H and O–H groups in total. The van der Waals surface area contributed by atoms with Crippen LogP contribution in [-0.2, 0) is 15.1 Å². The van der Waals surface area contributed by atoms with Crippen molar-refractivity contribution in [1.82, 2.24) is 10.2 Å². The fraction of sp³-hybridized carbons (Fsp3) is 0.250. The topological polar surface area (TPSA) is 92.0 Å². The fourth-order valence-corrected chi connectivity index (χ4v) is 3.72. The highest BCUT2D eigenvalue weighted by Gasteiger charge is 2.51. The van der Waals surface area contributed by atoms with Crippen LogP contribution in [0.15, 0.2) is 71.3 Å². The van der Waals surface area contributed by atoms with Gasteiger partial charge in [0.2, 0.25) is 0 Å². The van der Waals surface area contributed by atoms with E-state index in [9.17, 15) is 23.5 Å². The van der Waals surface area contributed by atoms with Gasteiger partial charge in [0.1, 0.15) is 23.5 Å². The predicted molar refractivity (Wildman–Crippen MR) is 113 cm³/mol. The zero-order valence-corrected chi connectivity index (χ0v) is 17.7. The molecule has 1 aliphatic heterocycles. The van der Waals surface area contributed by atoms with Gasteiger partial charge < -0.3 is 19.6 Å². The van der Waals surface area contributed by atoms with Gasteiger partial charge in [-0.1, -0.05) is 24.3 Å². The molecule has 2 heterocycles. The summed E-state index contributed by atoms with van der Waals surface area (Å²) in [6.45, 7) is 0.975. The monoisotopic (exact) mass is 456 g/mol. The maximum atomic E-state index is 13.4. The number of β-amino-alcohol motifs (C(OH)–C–C–N with tert-alkyl or cyclic N) is 1. The third-order valence-electron chi connectivity index (χ3n) is 5.48. The number of carbonyl (C=O) groups is 2. The quantitative estimate of drug-likeness (QED) is 0.507. The van der Waals surface area contributed by atoms with Gasteiger partial charge in [-0.05, 0) is 54.4 Å². The van der Waals surface area contributed by atoms with Gasteiger partial charge in [-0.15, -0.1) is 0 Å². The molecule has 0 bridgehead atoms. The summed E-state index contributed by atoms with van der Waals surface area (Å²) in [5.74, 6) is -1.12. The number of nitrogens with one attached hydrogen (secondary N) is 1. The lowest BCUT2D eigenvalue weighted by Gasteiger charge is -2.23. The lowest BCUT2D eigenvalue weighted by molar-refractivity contribution is -0.133. The lowest BCUT2D eigenvalue weighted by atomic mass is 9.99. The summed E-state index contributed by atoms with van der Waals surface area (Å²) in [5.41, 5.74) is -0.183. The average Bonchev–Trinajstić information content (AvgIpc) is 3.41. The standard InChI is InChI=1S/C24H22F2N2O5/c1-24(20-3-2-12-32-20)22(30)28(23(31)27-24)13-19(29)14-33-21(15-4-8-17(25)9-5-15)16-6-10-18(26)11-7-16/h2-12,19,21,29H,13-14H2,1H3,(H,27,31). The maximum absolute atomic E-state index is 13.4. The van der Waals surface area contributed by atoms with Crippen molar-refractivity contribution in [2.24, 2.45) is 0 Å². The summed E-state index contributed by atoms with van der Waals surface area (Å²) < 4.78 is 37.9. The van der Waals surface area contributed by atoms with Crippen LogP contribution in [-0.4, -0.2) is 41.2 Å². The number of aliphatic hydroxyl groups excluding tert-OH is 1. The lowest BCUT2D eigenvalue weighted by Crippen LogP contribution is -2.42. The summed E-state index contributed by atoms with van der Waals surface area (Å²) >= 11 is 0. The van der Waals surface area contributed by atoms with Crippen molar-refractivity contribution in [3.8, 4) is 0 Å². The number of nitrogens with zero attached hydrogens (tertiary/aromatic N) is 1. The molecule has 0 radical (unpaired) electrons. The van der Waals surface area contributed by atoms with E-state index in [4.69, 9.17) is 9.15 Å². The molecular weight excluding hydrogens is 434 g/mol. The summed E-state index contributed by atoms with van der Waals surface area (Å²) in [7, 11) is 0. The second-order valence-electron chi connectivity index (χ2n) is 7.92. The van der Waals surface area contributed by atoms with E-state index >= 15 is 0 Å². The number of rotatable bonds is 8. The number of imide groups is 1. The number of amides is 3. The minimum atomic E-state index is -1.37. The van der Waals surface area contributed by atoms with E-state index in [0.29, 0.717) is 11.1 Å². The van der Waals surface area contributed by atoms with Crippen molar-refractivity contribution in [1.29, 1.82) is 0 Å². The summed E-state index contributed by atoms with van der Waals surface area (Å²) in [5, 5.41) is 13.1. The van der Waals surface area contributed by atoms with E-state index in [1.807, 2.05) is 0 Å². The predicted octanol–water partition coefficient (Wildman–Crippen LogP) is 3.49. The second-order valence-corrected chi connectivity index (χ2v) is 7.92. The number of aliphatic hydroxyl groups is 1. The number of carbonyl (C=O) groups excluding carboxylic acids is 2. The van der Waals surface area contributed by atoms with Gasteiger partial charge in [-0.3, -0.25) is 9.69 Å². The van der Waals surface area contributed by atoms with Crippen LogP contribution in [0.2, 0.25) is 0 Å². The Morgan fingerprint density at radius 2 is 1.61 bits per heavy atom. The Hall–Kier alpha value is -3.56. The largest absolute Gasteiger partial charge is 0.466 e. The van der Waals surface area contributed by atoms with Crippen LogP contribution < -0.4 is 5.32 Å². The number of halogens is 2. The number of hydrogen-bond donors (Lipinski definition) is 2. The molecule has 3 aromatic rings. The molecule has 2 aromatic carbocycles. The molecule has 4 rings (SSSR count). The summed E-state index contributed by atoms with van der Waals surface area (Å²) in [6, 6.07) is 13.7. The van der Waals surface area contributed by atoms with Crippen molar-refractivity contribution in [2.75, 3.05) is 13.2 Å². The molecule has 2 atom stereocenters. The highest BCUT2D eigenvalue weighted by atomic mass is 19.1. The molecular formula is C24H22F2N2O5. The molecule has 0 saturated carbocycles. The van der Waals surface area contributed by atoms with Gasteiger partial charge >= 0.3 is 6.03 Å². The minimum absolute atomic E-state index is 0.242. The van der Waals surface area contributed by atoms with Gasteiger partial charge in [0.05, 0.1) is 25.5 Å². The Kier molecular flexibility index (Phi) is 6.26. The first-order valence-corrected chi connectivity index (χ1v) is 10.3. The van der Waals surface area contributed by atoms with Crippen LogP contribution in [0.25, 0.3) is 0 Å². The summed E-state index contributed by atoms with van der Waals surface area (Å²) in [4.78, 5) is 26.2. The van der Waals surface area contributed by atoms with Crippen molar-refractivity contribution in [3.63, 3.8) is 0 Å². The fourth-order valence-electron chi connectivity index (χ4n) is 3.72. The van der Waals surface area contributed by atoms with Crippen LogP contribution in [0.1, 0.15) is 29.9 Å². The molecule has 172 valence electrons. The first-order chi connectivity index (χ1) is 15.8. The van der Waals surface area contributed by atoms with Crippen LogP contribution in [0, 0.1) is 11.6 Å². The van der Waals surface area contributed by atoms with Gasteiger partial charge in [0.25, 0.3) is 5.91 Å². The number of ether oxygens (including phenoxy) is 1. The zero-order chi connectivity index (χ0) is 23.6. The third kappa shape index (κ3) is 4.64. The molecule has 1 fully saturated rings. The van der Waals surface area contributed by atoms with Gasteiger partial charge in [0, 0.05) is 0 Å². The van der Waals surface area contributed by atoms with Crippen LogP contribution in [0.5, 0.6) is 0 Å². The van der Waals surface area contributed by atoms with Crippen LogP contribution in [0.3, 0.4) is 0 Å². The zero-order valence-electron chi connectivity index (χ0n) is 17.7. The molecule has 1 aromatic heterocycles. The maximum Gasteiger partial charge on any atom is 0.325 e. The van der Waals surface area contributed by atoms with E-state index in [1.54, 1.807) is 12.1 Å². The van der Waals surface area contributed by atoms with Crippen molar-refractivity contribution < 1.29 is 32.6 Å². The summed E-state index contributed by atoms with van der Waals surface area (Å²) in [6.07, 6.45) is -0.532. The van der Waals surface area contributed by atoms with Crippen molar-refractivity contribution >= 4 is 11.9 Å². The molecule has 0 aliphatic carbocycles. The first kappa shape index (κ1) is 22.6. The molecule has 3 amide bonds. The van der Waals surface area contributed by atoms with Crippen LogP contribution >= 0.6 is 0 Å². The smallest absolute Gasteiger partial charge is 0.325 e. The Morgan fingerprint density at radius 3 is 2.12 bits per heavy atom. The highest BCUT2D eigenvalue weighted by molar-refractivity contribution is 6.06. The second kappa shape index (κ2) is 9.13. The Labute approximate surface area is 188 Å². The van der Waals surface area contributed by atoms with Gasteiger partial charge in [-0.2, -0.15) is 0 Å². The van der Waals surface area contributed by atoms with Crippen molar-refractivity contribution in [2.45, 2.75) is 24.7 Å². The number of furan rings is 1. The molecule has 2 unspecified atom stereocenters. The van der Waals surface area contributed by atoms with Crippen LogP contribution in [0.4, 0.5) is 13.6 Å². The molecule has 1 aliphatic rings. The molecule has 9 heteroatoms. The van der Waals surface area contributed by atoms with E-state index < -0.39 is 41.3 Å². The Morgan fingerprint density at radius 1 is 1.03 bits per heavy atom. The van der Waals surface area contributed by atoms with Gasteiger partial charge in [-0.25, -0.2) is 13.6 Å². The van der Waals surface area contributed by atoms with Gasteiger partial charge in [0.15, 0.2) is 5.54 Å². The SMILES string of the molecule is CC1(c2ccco2)NC(=O)N(CC(O)COC(c2ccc(F)cc2)c2ccc(F)cc2)C1=O. The number of urea groups is 1. The van der Waals surface area contributed by atoms with E-state index in [0.717, 1.165) is 4.90 Å². The normalized spacial score (nSPS) is 19.2. The molecule has 7 nitrogen and oxygen atoms in total. The van der Waals surface area contributed by atoms with Crippen molar-refractivity contribution in [3.05, 3.63) is 95.4 Å². The molecule has 0 spiro atoms. The van der Waals surface area contributed by atoms with E-state index in [1.165, 1.54) is 61.7 Å². The molecule has 1 saturated heterocycles. The minimum Gasteiger partial charge on any atom is -0.466 e. The van der Waals surface area contributed by atoms with E-state index in [2.05, 4.69) is 5.32 Å². The number of hydrogen-bond acceptors (Lipinski definition) is 5. The van der Waals surface area contributed by atoms with E-state index in [-0.39, 0.29) is 18.9 Å². The number of benzene rings is 2. The Bertz CT molecular complexity index is 1070. The molecule has 33 heavy (non-hydrogen) atoms. The Balaban J connectivity index is 1.46.